The highest BCUT2D eigenvalue weighted by atomic mass is 32.1. The van der Waals surface area contributed by atoms with Gasteiger partial charge in [-0.05, 0) is 24.8 Å². The molecule has 1 rings (SSSR count). The monoisotopic (exact) mass is 227 g/mol. The number of thiophene rings is 1. The Hall–Kier alpha value is -0.380. The van der Waals surface area contributed by atoms with Crippen molar-refractivity contribution in [2.45, 2.75) is 33.2 Å². The summed E-state index contributed by atoms with van der Waals surface area (Å²) in [5.74, 6) is 0. The van der Waals surface area contributed by atoms with Crippen molar-refractivity contribution in [3.05, 3.63) is 22.4 Å². The van der Waals surface area contributed by atoms with Crippen LogP contribution in [0.15, 0.2) is 17.5 Å². The lowest BCUT2D eigenvalue weighted by atomic mass is 9.94. The van der Waals surface area contributed by atoms with Crippen LogP contribution in [0, 0.1) is 5.41 Å². The van der Waals surface area contributed by atoms with Crippen molar-refractivity contribution in [3.8, 4) is 0 Å². The van der Waals surface area contributed by atoms with E-state index in [-0.39, 0.29) is 12.0 Å². The Morgan fingerprint density at radius 2 is 2.27 bits per heavy atom. The smallest absolute Gasteiger partial charge is 0.0494 e. The third-order valence-electron chi connectivity index (χ3n) is 2.44. The van der Waals surface area contributed by atoms with E-state index in [9.17, 15) is 0 Å². The number of hydrogen-bond donors (Lipinski definition) is 2. The summed E-state index contributed by atoms with van der Waals surface area (Å²) >= 11 is 1.80. The Balaban J connectivity index is 2.28. The quantitative estimate of drug-likeness (QED) is 0.781. The van der Waals surface area contributed by atoms with Crippen LogP contribution in [0.1, 0.15) is 25.6 Å². The lowest BCUT2D eigenvalue weighted by Crippen LogP contribution is -2.38. The Morgan fingerprint density at radius 3 is 2.80 bits per heavy atom. The van der Waals surface area contributed by atoms with E-state index < -0.39 is 0 Å². The second-order valence-electron chi connectivity index (χ2n) is 4.89. The van der Waals surface area contributed by atoms with Crippen LogP contribution in [-0.4, -0.2) is 24.3 Å². The second kappa shape index (κ2) is 5.64. The molecule has 15 heavy (non-hydrogen) atoms. The first kappa shape index (κ1) is 12.7. The van der Waals surface area contributed by atoms with Gasteiger partial charge in [-0.25, -0.2) is 0 Å². The van der Waals surface area contributed by atoms with Gasteiger partial charge in [0.25, 0.3) is 0 Å². The molecule has 1 atom stereocenters. The number of aliphatic hydroxyl groups excluding tert-OH is 1. The van der Waals surface area contributed by atoms with Gasteiger partial charge in [-0.2, -0.15) is 0 Å². The number of nitrogens with one attached hydrogen (secondary N) is 1. The van der Waals surface area contributed by atoms with E-state index in [0.29, 0.717) is 6.04 Å². The molecular weight excluding hydrogens is 206 g/mol. The molecule has 0 radical (unpaired) electrons. The van der Waals surface area contributed by atoms with Gasteiger partial charge in [-0.1, -0.05) is 19.9 Å². The standard InChI is InChI=1S/C12H21NOS/c1-10(7-11-5-4-6-15-11)13-8-12(2,3)9-14/h4-6,10,13-14H,7-9H2,1-3H3. The molecular formula is C12H21NOS. The Labute approximate surface area is 96.3 Å². The van der Waals surface area contributed by atoms with Crippen LogP contribution in [0.2, 0.25) is 0 Å². The van der Waals surface area contributed by atoms with Crippen molar-refractivity contribution in [2.75, 3.05) is 13.2 Å². The van der Waals surface area contributed by atoms with Crippen LogP contribution >= 0.6 is 11.3 Å². The Kier molecular flexibility index (Phi) is 4.77. The molecule has 0 aliphatic carbocycles. The molecule has 3 heteroatoms. The summed E-state index contributed by atoms with van der Waals surface area (Å²) in [6.45, 7) is 7.41. The first-order chi connectivity index (χ1) is 7.03. The fourth-order valence-corrected chi connectivity index (χ4v) is 2.14. The number of aliphatic hydroxyl groups is 1. The third-order valence-corrected chi connectivity index (χ3v) is 3.34. The molecule has 0 aliphatic heterocycles. The molecule has 0 saturated carbocycles. The Morgan fingerprint density at radius 1 is 1.53 bits per heavy atom. The van der Waals surface area contributed by atoms with E-state index in [1.807, 2.05) is 0 Å². The van der Waals surface area contributed by atoms with E-state index in [4.69, 9.17) is 5.11 Å². The van der Waals surface area contributed by atoms with Gasteiger partial charge in [0.15, 0.2) is 0 Å². The molecule has 1 aromatic rings. The first-order valence-electron chi connectivity index (χ1n) is 5.40. The predicted molar refractivity (Wildman–Crippen MR) is 66.4 cm³/mol. The lowest BCUT2D eigenvalue weighted by molar-refractivity contribution is 0.154. The summed E-state index contributed by atoms with van der Waals surface area (Å²) in [5, 5.41) is 14.7. The van der Waals surface area contributed by atoms with Gasteiger partial charge >= 0.3 is 0 Å². The van der Waals surface area contributed by atoms with E-state index >= 15 is 0 Å². The lowest BCUT2D eigenvalue weighted by Gasteiger charge is -2.24. The van der Waals surface area contributed by atoms with Gasteiger partial charge in [0.2, 0.25) is 0 Å². The zero-order chi connectivity index (χ0) is 11.3. The van der Waals surface area contributed by atoms with Crippen molar-refractivity contribution in [1.82, 2.24) is 5.32 Å². The minimum Gasteiger partial charge on any atom is -0.396 e. The molecule has 0 fully saturated rings. The van der Waals surface area contributed by atoms with E-state index in [2.05, 4.69) is 43.6 Å². The largest absolute Gasteiger partial charge is 0.396 e. The maximum absolute atomic E-state index is 9.13. The summed E-state index contributed by atoms with van der Waals surface area (Å²) in [5.41, 5.74) is -0.0241. The molecule has 0 spiro atoms. The molecule has 2 nitrogen and oxygen atoms in total. The second-order valence-corrected chi connectivity index (χ2v) is 5.92. The molecule has 1 heterocycles. The normalized spacial score (nSPS) is 14.1. The summed E-state index contributed by atoms with van der Waals surface area (Å²) in [7, 11) is 0. The molecule has 86 valence electrons. The molecule has 1 unspecified atom stereocenters. The SMILES string of the molecule is CC(Cc1cccs1)NCC(C)(C)CO. The maximum atomic E-state index is 9.13. The highest BCUT2D eigenvalue weighted by Gasteiger charge is 2.17. The molecule has 1 aromatic heterocycles. The summed E-state index contributed by atoms with van der Waals surface area (Å²) in [6.07, 6.45) is 1.07. The topological polar surface area (TPSA) is 32.3 Å². The van der Waals surface area contributed by atoms with Crippen LogP contribution in [0.3, 0.4) is 0 Å². The van der Waals surface area contributed by atoms with Crippen molar-refractivity contribution in [3.63, 3.8) is 0 Å². The first-order valence-corrected chi connectivity index (χ1v) is 6.28. The van der Waals surface area contributed by atoms with E-state index in [1.54, 1.807) is 11.3 Å². The number of hydrogen-bond acceptors (Lipinski definition) is 3. The fraction of sp³-hybridized carbons (Fsp3) is 0.667. The number of rotatable bonds is 6. The maximum Gasteiger partial charge on any atom is 0.0494 e. The average Bonchev–Trinajstić information content (AvgIpc) is 2.68. The fourth-order valence-electron chi connectivity index (χ4n) is 1.31. The van der Waals surface area contributed by atoms with Crippen LogP contribution in [0.4, 0.5) is 0 Å². The van der Waals surface area contributed by atoms with Crippen LogP contribution in [0.25, 0.3) is 0 Å². The molecule has 0 aliphatic rings. The minimum atomic E-state index is -0.0241. The molecule has 0 aromatic carbocycles. The van der Waals surface area contributed by atoms with Crippen molar-refractivity contribution in [1.29, 1.82) is 0 Å². The summed E-state index contributed by atoms with van der Waals surface area (Å²) in [6, 6.07) is 4.72. The highest BCUT2D eigenvalue weighted by Crippen LogP contribution is 2.14. The molecule has 0 amide bonds. The van der Waals surface area contributed by atoms with Crippen LogP contribution < -0.4 is 5.32 Å². The van der Waals surface area contributed by atoms with Crippen LogP contribution in [0.5, 0.6) is 0 Å². The van der Waals surface area contributed by atoms with Gasteiger partial charge in [-0.3, -0.25) is 0 Å². The molecule has 2 N–H and O–H groups in total. The minimum absolute atomic E-state index is 0.0241. The van der Waals surface area contributed by atoms with E-state index in [0.717, 1.165) is 13.0 Å². The Bertz CT molecular complexity index is 269. The summed E-state index contributed by atoms with van der Waals surface area (Å²) in [4.78, 5) is 1.41. The third kappa shape index (κ3) is 4.78. The van der Waals surface area contributed by atoms with Crippen molar-refractivity contribution >= 4 is 11.3 Å². The zero-order valence-corrected chi connectivity index (χ0v) is 10.6. The van der Waals surface area contributed by atoms with Crippen LogP contribution in [-0.2, 0) is 6.42 Å². The predicted octanol–water partition coefficient (Wildman–Crippen LogP) is 2.29. The van der Waals surface area contributed by atoms with Gasteiger partial charge in [-0.15, -0.1) is 11.3 Å². The van der Waals surface area contributed by atoms with Gasteiger partial charge in [0, 0.05) is 29.5 Å². The zero-order valence-electron chi connectivity index (χ0n) is 9.79. The van der Waals surface area contributed by atoms with Crippen molar-refractivity contribution < 1.29 is 5.11 Å². The van der Waals surface area contributed by atoms with E-state index in [1.165, 1.54) is 4.88 Å². The highest BCUT2D eigenvalue weighted by molar-refractivity contribution is 7.09. The van der Waals surface area contributed by atoms with Gasteiger partial charge < -0.3 is 10.4 Å². The molecule has 0 bridgehead atoms. The molecule has 0 saturated heterocycles. The van der Waals surface area contributed by atoms with Gasteiger partial charge in [0.1, 0.15) is 0 Å². The van der Waals surface area contributed by atoms with Gasteiger partial charge in [0.05, 0.1) is 0 Å². The van der Waals surface area contributed by atoms with Crippen molar-refractivity contribution in [2.24, 2.45) is 5.41 Å². The summed E-state index contributed by atoms with van der Waals surface area (Å²) < 4.78 is 0. The average molecular weight is 227 g/mol.